The van der Waals surface area contributed by atoms with Crippen LogP contribution in [0.25, 0.3) is 0 Å². The summed E-state index contributed by atoms with van der Waals surface area (Å²) in [5.74, 6) is 1.71. The highest BCUT2D eigenvalue weighted by Crippen LogP contribution is 2.22. The topological polar surface area (TPSA) is 93.7 Å². The second-order valence-corrected chi connectivity index (χ2v) is 8.62. The lowest BCUT2D eigenvalue weighted by Crippen LogP contribution is -1.98. The molecule has 0 amide bonds. The van der Waals surface area contributed by atoms with Gasteiger partial charge in [-0.05, 0) is 85.6 Å². The molecule has 2 aromatic carbocycles. The largest absolute Gasteiger partial charge is 0.494 e. The summed E-state index contributed by atoms with van der Waals surface area (Å²) in [6.45, 7) is 1.44. The van der Waals surface area contributed by atoms with Crippen molar-refractivity contribution in [3.05, 3.63) is 97.6 Å². The van der Waals surface area contributed by atoms with Crippen LogP contribution in [-0.4, -0.2) is 23.2 Å². The fourth-order valence-corrected chi connectivity index (χ4v) is 3.56. The summed E-state index contributed by atoms with van der Waals surface area (Å²) in [5, 5.41) is 16.8. The minimum atomic E-state index is 0.721. The zero-order valence-corrected chi connectivity index (χ0v) is 21.4. The van der Waals surface area contributed by atoms with Gasteiger partial charge in [-0.2, -0.15) is 20.5 Å². The second kappa shape index (κ2) is 15.6. The van der Waals surface area contributed by atoms with E-state index in [0.29, 0.717) is 0 Å². The van der Waals surface area contributed by atoms with Crippen LogP contribution in [-0.2, 0) is 0 Å². The highest BCUT2D eigenvalue weighted by Gasteiger charge is 1.98. The van der Waals surface area contributed by atoms with Gasteiger partial charge in [0.2, 0.25) is 0 Å². The van der Waals surface area contributed by atoms with Gasteiger partial charge in [-0.25, -0.2) is 0 Å². The molecule has 0 unspecified atom stereocenters. The van der Waals surface area contributed by atoms with E-state index in [2.05, 4.69) is 30.4 Å². The Morgan fingerprint density at radius 3 is 1.08 bits per heavy atom. The first-order valence-corrected chi connectivity index (χ1v) is 12.9. The number of aromatic nitrogens is 2. The summed E-state index contributed by atoms with van der Waals surface area (Å²) < 4.78 is 11.7. The normalized spacial score (nSPS) is 11.3. The van der Waals surface area contributed by atoms with Crippen LogP contribution >= 0.6 is 0 Å². The van der Waals surface area contributed by atoms with E-state index in [-0.39, 0.29) is 0 Å². The lowest BCUT2D eigenvalue weighted by Gasteiger charge is -2.07. The molecule has 38 heavy (non-hydrogen) atoms. The molecule has 4 rings (SSSR count). The van der Waals surface area contributed by atoms with E-state index in [1.807, 2.05) is 72.8 Å². The number of rotatable bonds is 15. The summed E-state index contributed by atoms with van der Waals surface area (Å²) in [5.41, 5.74) is 3.14. The van der Waals surface area contributed by atoms with Gasteiger partial charge in [-0.1, -0.05) is 25.7 Å². The molecule has 0 aliphatic rings. The third-order valence-electron chi connectivity index (χ3n) is 5.64. The quantitative estimate of drug-likeness (QED) is 0.118. The lowest BCUT2D eigenvalue weighted by molar-refractivity contribution is 0.297. The van der Waals surface area contributed by atoms with Crippen molar-refractivity contribution in [1.29, 1.82) is 0 Å². The smallest absolute Gasteiger partial charge is 0.119 e. The molecule has 0 bridgehead atoms. The fourth-order valence-electron chi connectivity index (χ4n) is 3.56. The summed E-state index contributed by atoms with van der Waals surface area (Å²) in [7, 11) is 0. The van der Waals surface area contributed by atoms with Crippen LogP contribution in [0.5, 0.6) is 11.5 Å². The molecule has 0 aliphatic carbocycles. The molecule has 0 spiro atoms. The molecule has 0 N–H and O–H groups in total. The number of hydrogen-bond donors (Lipinski definition) is 0. The summed E-state index contributed by atoms with van der Waals surface area (Å²) >= 11 is 0. The molecule has 0 saturated heterocycles. The molecule has 0 aliphatic heterocycles. The molecule has 0 fully saturated rings. The Kier molecular flexibility index (Phi) is 10.9. The molecule has 194 valence electrons. The van der Waals surface area contributed by atoms with Gasteiger partial charge in [0.05, 0.1) is 36.0 Å². The number of unbranched alkanes of at least 4 members (excludes halogenated alkanes) is 5. The molecule has 0 saturated carbocycles. The maximum Gasteiger partial charge on any atom is 0.119 e. The minimum absolute atomic E-state index is 0.721. The predicted molar refractivity (Wildman–Crippen MR) is 148 cm³/mol. The highest BCUT2D eigenvalue weighted by molar-refractivity contribution is 5.43. The number of nitrogens with zero attached hydrogens (tertiary/aromatic N) is 6. The molecule has 8 heteroatoms. The predicted octanol–water partition coefficient (Wildman–Crippen LogP) is 9.11. The van der Waals surface area contributed by atoms with Gasteiger partial charge in [-0.15, -0.1) is 0 Å². The van der Waals surface area contributed by atoms with Gasteiger partial charge in [0, 0.05) is 24.8 Å². The Labute approximate surface area is 223 Å². The van der Waals surface area contributed by atoms with Crippen molar-refractivity contribution in [2.45, 2.75) is 38.5 Å². The van der Waals surface area contributed by atoms with Gasteiger partial charge in [0.1, 0.15) is 11.5 Å². The molecular formula is C30H32N6O2. The standard InChI is InChI=1S/C30H32N6O2/c1(3-5-23-37-29-11-7-25(8-12-29)33-35-27-15-19-31-20-16-27)2-4-6-24-38-30-13-9-26(10-14-30)34-36-28-17-21-32-22-18-28/h7-22H,1-6,23-24H2. The monoisotopic (exact) mass is 508 g/mol. The van der Waals surface area contributed by atoms with Crippen molar-refractivity contribution in [1.82, 2.24) is 9.97 Å². The van der Waals surface area contributed by atoms with Crippen molar-refractivity contribution < 1.29 is 9.47 Å². The number of benzene rings is 2. The summed E-state index contributed by atoms with van der Waals surface area (Å²) in [6.07, 6.45) is 13.6. The number of hydrogen-bond acceptors (Lipinski definition) is 8. The van der Waals surface area contributed by atoms with Crippen LogP contribution < -0.4 is 9.47 Å². The van der Waals surface area contributed by atoms with E-state index in [0.717, 1.165) is 73.1 Å². The summed E-state index contributed by atoms with van der Waals surface area (Å²) in [4.78, 5) is 7.94. The molecule has 0 radical (unpaired) electrons. The number of azo groups is 2. The Hall–Kier alpha value is -4.46. The average molecular weight is 509 g/mol. The van der Waals surface area contributed by atoms with Crippen LogP contribution in [0.15, 0.2) is 118 Å². The van der Waals surface area contributed by atoms with Crippen LogP contribution in [0.1, 0.15) is 38.5 Å². The first kappa shape index (κ1) is 26.6. The fraction of sp³-hybridized carbons (Fsp3) is 0.267. The zero-order chi connectivity index (χ0) is 26.1. The van der Waals surface area contributed by atoms with Gasteiger partial charge in [-0.3, -0.25) is 9.97 Å². The molecule has 4 aromatic rings. The van der Waals surface area contributed by atoms with Gasteiger partial charge in [0.15, 0.2) is 0 Å². The van der Waals surface area contributed by atoms with E-state index < -0.39 is 0 Å². The number of ether oxygens (including phenoxy) is 2. The average Bonchev–Trinajstić information content (AvgIpc) is 2.98. The van der Waals surface area contributed by atoms with Crippen molar-refractivity contribution in [2.24, 2.45) is 20.5 Å². The molecule has 8 nitrogen and oxygen atoms in total. The third kappa shape index (κ3) is 9.89. The Morgan fingerprint density at radius 2 is 0.711 bits per heavy atom. The Bertz CT molecular complexity index is 1150. The van der Waals surface area contributed by atoms with E-state index in [1.165, 1.54) is 12.8 Å². The van der Waals surface area contributed by atoms with Gasteiger partial charge >= 0.3 is 0 Å². The maximum absolute atomic E-state index is 5.85. The Balaban J connectivity index is 1.00. The molecule has 2 aromatic heterocycles. The minimum Gasteiger partial charge on any atom is -0.494 e. The third-order valence-corrected chi connectivity index (χ3v) is 5.64. The first-order valence-electron chi connectivity index (χ1n) is 12.9. The van der Waals surface area contributed by atoms with Crippen LogP contribution in [0.3, 0.4) is 0 Å². The molecule has 2 heterocycles. The molecular weight excluding hydrogens is 476 g/mol. The SMILES string of the molecule is c1cc(N=Nc2ccc(OCCCCCCCCOc3ccc(N=Nc4ccncc4)cc3)cc2)ccn1. The van der Waals surface area contributed by atoms with Crippen molar-refractivity contribution in [2.75, 3.05) is 13.2 Å². The Morgan fingerprint density at radius 1 is 0.395 bits per heavy atom. The van der Waals surface area contributed by atoms with E-state index in [9.17, 15) is 0 Å². The van der Waals surface area contributed by atoms with E-state index in [1.54, 1.807) is 24.8 Å². The first-order chi connectivity index (χ1) is 18.8. The van der Waals surface area contributed by atoms with E-state index >= 15 is 0 Å². The molecule has 0 atom stereocenters. The van der Waals surface area contributed by atoms with Crippen LogP contribution in [0, 0.1) is 0 Å². The maximum atomic E-state index is 5.85. The number of pyridine rings is 2. The highest BCUT2D eigenvalue weighted by atomic mass is 16.5. The van der Waals surface area contributed by atoms with Crippen LogP contribution in [0.2, 0.25) is 0 Å². The van der Waals surface area contributed by atoms with Crippen molar-refractivity contribution in [3.63, 3.8) is 0 Å². The van der Waals surface area contributed by atoms with E-state index in [4.69, 9.17) is 9.47 Å². The van der Waals surface area contributed by atoms with Gasteiger partial charge < -0.3 is 9.47 Å². The summed E-state index contributed by atoms with van der Waals surface area (Å²) in [6, 6.07) is 22.6. The van der Waals surface area contributed by atoms with Crippen LogP contribution in [0.4, 0.5) is 22.7 Å². The van der Waals surface area contributed by atoms with Gasteiger partial charge in [0.25, 0.3) is 0 Å². The van der Waals surface area contributed by atoms with Crippen molar-refractivity contribution >= 4 is 22.7 Å². The second-order valence-electron chi connectivity index (χ2n) is 8.62. The zero-order valence-electron chi connectivity index (χ0n) is 21.4. The van der Waals surface area contributed by atoms with Crippen molar-refractivity contribution in [3.8, 4) is 11.5 Å². The lowest BCUT2D eigenvalue weighted by atomic mass is 10.1.